The van der Waals surface area contributed by atoms with Crippen LogP contribution in [0.15, 0.2) is 33.5 Å². The summed E-state index contributed by atoms with van der Waals surface area (Å²) in [6.45, 7) is 7.17. The van der Waals surface area contributed by atoms with Crippen LogP contribution in [0, 0.1) is 12.8 Å². The molecule has 17 heteroatoms. The molecule has 0 radical (unpaired) electrons. The van der Waals surface area contributed by atoms with Crippen molar-refractivity contribution in [3.63, 3.8) is 0 Å². The number of thioether (sulfide) groups is 1. The number of carboxylic acid groups (broad SMARTS) is 2. The number of β-lactam (4-membered cyclic amide) rings is 1. The monoisotopic (exact) mass is 674 g/mol. The van der Waals surface area contributed by atoms with Gasteiger partial charge in [-0.1, -0.05) is 5.16 Å². The maximum absolute atomic E-state index is 13.5. The summed E-state index contributed by atoms with van der Waals surface area (Å²) in [5, 5.41) is 22.9. The van der Waals surface area contributed by atoms with Gasteiger partial charge in [-0.2, -0.15) is 9.36 Å². The van der Waals surface area contributed by atoms with Crippen LogP contribution in [0.5, 0.6) is 0 Å². The quantitative estimate of drug-likeness (QED) is 0.103. The maximum Gasteiger partial charge on any atom is 0.352 e. The van der Waals surface area contributed by atoms with Crippen molar-refractivity contribution >= 4 is 57.8 Å². The van der Waals surface area contributed by atoms with E-state index in [1.54, 1.807) is 19.2 Å². The summed E-state index contributed by atoms with van der Waals surface area (Å²) in [5.41, 5.74) is 5.60. The second-order valence-electron chi connectivity index (χ2n) is 12.3. The molecule has 2 saturated heterocycles. The van der Waals surface area contributed by atoms with Gasteiger partial charge in [-0.3, -0.25) is 19.3 Å². The molecule has 246 valence electrons. The molecule has 46 heavy (non-hydrogen) atoms. The van der Waals surface area contributed by atoms with Crippen LogP contribution < -0.4 is 11.2 Å². The lowest BCUT2D eigenvalue weighted by Crippen LogP contribution is -2.62. The van der Waals surface area contributed by atoms with E-state index < -0.39 is 40.5 Å². The van der Waals surface area contributed by atoms with E-state index in [0.717, 1.165) is 43.2 Å². The molecule has 3 aliphatic rings. The van der Waals surface area contributed by atoms with Crippen LogP contribution in [0.1, 0.15) is 50.2 Å². The molecule has 3 aliphatic heterocycles. The Balaban J connectivity index is 1.33. The normalized spacial score (nSPS) is 21.2. The highest BCUT2D eigenvalue weighted by atomic mass is 32.2. The van der Waals surface area contributed by atoms with Crippen LogP contribution in [0.3, 0.4) is 0 Å². The maximum atomic E-state index is 13.5. The lowest BCUT2D eigenvalue weighted by molar-refractivity contribution is -0.912. The second kappa shape index (κ2) is 13.0. The fourth-order valence-electron chi connectivity index (χ4n) is 5.94. The van der Waals surface area contributed by atoms with Crippen molar-refractivity contribution in [1.82, 2.24) is 19.2 Å². The van der Waals surface area contributed by atoms with Crippen LogP contribution in [-0.4, -0.2) is 106 Å². The number of carbonyl (C=O) groups excluding carboxylic acids is 2. The van der Waals surface area contributed by atoms with Crippen LogP contribution in [0.2, 0.25) is 0 Å². The van der Waals surface area contributed by atoms with E-state index in [1.165, 1.54) is 30.5 Å². The number of carboxylic acids is 2. The van der Waals surface area contributed by atoms with Gasteiger partial charge in [0.05, 0.1) is 30.9 Å². The van der Waals surface area contributed by atoms with E-state index in [1.807, 2.05) is 0 Å². The number of amides is 1. The number of aryl methyl sites for hydroxylation is 1. The Morgan fingerprint density at radius 3 is 2.57 bits per heavy atom. The van der Waals surface area contributed by atoms with Gasteiger partial charge in [0.25, 0.3) is 0 Å². The number of carbonyl (C=O) groups is 4. The van der Waals surface area contributed by atoms with Crippen molar-refractivity contribution < 1.29 is 38.7 Å². The molecule has 1 amide bonds. The van der Waals surface area contributed by atoms with Gasteiger partial charge in [-0.05, 0) is 20.8 Å². The first-order chi connectivity index (χ1) is 21.7. The number of ketones is 1. The largest absolute Gasteiger partial charge is 0.478 e. The van der Waals surface area contributed by atoms with Crippen LogP contribution in [0.25, 0.3) is 0 Å². The smallest absolute Gasteiger partial charge is 0.352 e. The standard InChI is InChI=1S/C29H35N7O8S2/c1-15-12-31-17(10-19(15)37)6-9-36(7-4-5-8-36)13-16-14-45-25-18(24(39)35(25)22(16)26(40)41)11-20(38)21(23-32-28(30)46-34-23)33-44-29(2,3)27(42)43/h10,12,18,25H,4-9,11,13-14H2,1-3H3,(H4-,30,31,32,34,37,40,41,42,43)/p+1/b33-21-. The first-order valence-corrected chi connectivity index (χ1v) is 16.6. The molecular weight excluding hydrogens is 638 g/mol. The number of hydrogen-bond acceptors (Lipinski definition) is 12. The number of H-pyrrole nitrogens is 1. The third-order valence-electron chi connectivity index (χ3n) is 8.63. The summed E-state index contributed by atoms with van der Waals surface area (Å²) in [5.74, 6) is -4.30. The number of nitrogens with two attached hydrogens (primary N) is 1. The van der Waals surface area contributed by atoms with E-state index >= 15 is 0 Å². The van der Waals surface area contributed by atoms with E-state index in [4.69, 9.17) is 10.6 Å². The molecule has 15 nitrogen and oxygen atoms in total. The third kappa shape index (κ3) is 6.71. The van der Waals surface area contributed by atoms with Gasteiger partial charge >= 0.3 is 11.9 Å². The highest BCUT2D eigenvalue weighted by molar-refractivity contribution is 8.00. The Morgan fingerprint density at radius 2 is 1.96 bits per heavy atom. The van der Waals surface area contributed by atoms with Crippen molar-refractivity contribution in [2.75, 3.05) is 37.7 Å². The molecule has 5 rings (SSSR count). The fraction of sp³-hybridized carbons (Fsp3) is 0.517. The zero-order valence-corrected chi connectivity index (χ0v) is 27.3. The number of hydrogen-bond donors (Lipinski definition) is 4. The molecular formula is C29H36N7O8S2+. The number of quaternary nitrogens is 1. The fourth-order valence-corrected chi connectivity index (χ4v) is 7.78. The Labute approximate surface area is 272 Å². The predicted octanol–water partition coefficient (Wildman–Crippen LogP) is 1.38. The van der Waals surface area contributed by atoms with E-state index in [9.17, 15) is 34.2 Å². The Hall–Kier alpha value is -4.09. The zero-order valence-electron chi connectivity index (χ0n) is 25.6. The van der Waals surface area contributed by atoms with Gasteiger partial charge in [0.15, 0.2) is 22.1 Å². The van der Waals surface area contributed by atoms with Crippen molar-refractivity contribution in [2.24, 2.45) is 11.1 Å². The minimum absolute atomic E-state index is 0.0290. The van der Waals surface area contributed by atoms with Crippen molar-refractivity contribution in [3.05, 3.63) is 50.8 Å². The molecule has 2 aromatic rings. The number of nitrogens with one attached hydrogen (secondary N) is 1. The van der Waals surface area contributed by atoms with Gasteiger partial charge in [0.1, 0.15) is 12.2 Å². The first-order valence-electron chi connectivity index (χ1n) is 14.8. The minimum atomic E-state index is -1.76. The lowest BCUT2D eigenvalue weighted by Gasteiger charge is -2.50. The van der Waals surface area contributed by atoms with E-state index in [-0.39, 0.29) is 34.2 Å². The van der Waals surface area contributed by atoms with Crippen molar-refractivity contribution in [1.29, 1.82) is 0 Å². The Bertz CT molecular complexity index is 1690. The number of nitrogen functional groups attached to an aromatic ring is 1. The molecule has 0 aliphatic carbocycles. The number of fused-ring (bicyclic) bond motifs is 1. The van der Waals surface area contributed by atoms with Crippen molar-refractivity contribution in [2.45, 2.75) is 57.4 Å². The van der Waals surface area contributed by atoms with E-state index in [2.05, 4.69) is 19.5 Å². The van der Waals surface area contributed by atoms with Gasteiger partial charge in [0, 0.05) is 72.1 Å². The number of aliphatic carboxylic acids is 2. The average molecular weight is 675 g/mol. The van der Waals surface area contributed by atoms with Gasteiger partial charge in [-0.15, -0.1) is 11.8 Å². The molecule has 2 fully saturated rings. The number of nitrogens with zero attached hydrogens (tertiary/aromatic N) is 5. The summed E-state index contributed by atoms with van der Waals surface area (Å²) < 4.78 is 4.66. The number of Topliss-reactive ketones (excluding diaryl/α,β-unsaturated/α-hetero) is 1. The Morgan fingerprint density at radius 1 is 1.24 bits per heavy atom. The third-order valence-corrected chi connectivity index (χ3v) is 10.6. The number of pyridine rings is 1. The number of rotatable bonds is 13. The predicted molar refractivity (Wildman–Crippen MR) is 169 cm³/mol. The summed E-state index contributed by atoms with van der Waals surface area (Å²) in [7, 11) is 0. The van der Waals surface area contributed by atoms with Gasteiger partial charge in [0.2, 0.25) is 17.3 Å². The number of oxime groups is 1. The minimum Gasteiger partial charge on any atom is -0.478 e. The Kier molecular flexibility index (Phi) is 9.38. The van der Waals surface area contributed by atoms with E-state index in [0.29, 0.717) is 40.9 Å². The SMILES string of the molecule is Cc1c[nH]c(CC[N+]2(CC3=C(C(=O)O)N4C(=O)C(CC(=O)/C(=N/OC(C)(C)C(=O)O)c5nsc(N)n5)C4SC3)CCCC2)cc1=O. The zero-order chi connectivity index (χ0) is 33.4. The first kappa shape index (κ1) is 33.3. The summed E-state index contributed by atoms with van der Waals surface area (Å²) in [4.78, 5) is 76.7. The molecule has 5 heterocycles. The molecule has 2 atom stereocenters. The number of aromatic amines is 1. The second-order valence-corrected chi connectivity index (χ2v) is 14.2. The molecule has 0 saturated carbocycles. The molecule has 0 spiro atoms. The summed E-state index contributed by atoms with van der Waals surface area (Å²) in [6, 6.07) is 1.61. The highest BCUT2D eigenvalue weighted by Gasteiger charge is 2.55. The van der Waals surface area contributed by atoms with Crippen LogP contribution in [-0.2, 0) is 30.4 Å². The average Bonchev–Trinajstić information content (AvgIpc) is 3.65. The number of likely N-dealkylation sites (tertiary alicyclic amines) is 1. The molecule has 2 unspecified atom stereocenters. The lowest BCUT2D eigenvalue weighted by atomic mass is 9.89. The number of aromatic nitrogens is 3. The van der Waals surface area contributed by atoms with Crippen LogP contribution >= 0.6 is 23.3 Å². The van der Waals surface area contributed by atoms with Gasteiger partial charge < -0.3 is 30.3 Å². The summed E-state index contributed by atoms with van der Waals surface area (Å²) >= 11 is 2.22. The molecule has 0 bridgehead atoms. The number of anilines is 1. The summed E-state index contributed by atoms with van der Waals surface area (Å²) in [6.07, 6.45) is 4.00. The molecule has 0 aromatic carbocycles. The van der Waals surface area contributed by atoms with Crippen molar-refractivity contribution in [3.8, 4) is 0 Å². The molecule has 5 N–H and O–H groups in total. The van der Waals surface area contributed by atoms with Gasteiger partial charge in [-0.25, -0.2) is 9.59 Å². The highest BCUT2D eigenvalue weighted by Crippen LogP contribution is 2.46. The molecule has 2 aromatic heterocycles. The topological polar surface area (TPSA) is 218 Å². The van der Waals surface area contributed by atoms with Crippen LogP contribution in [0.4, 0.5) is 5.13 Å².